The van der Waals surface area contributed by atoms with Crippen LogP contribution in [0.25, 0.3) is 0 Å². The number of hydrogen-bond acceptors (Lipinski definition) is 0. The normalized spacial score (nSPS) is 12.5. The molecule has 0 N–H and O–H groups in total. The molecule has 0 nitrogen and oxygen atoms in total. The van der Waals surface area contributed by atoms with E-state index in [0.29, 0.717) is 0 Å². The summed E-state index contributed by atoms with van der Waals surface area (Å²) in [7, 11) is 0. The van der Waals surface area contributed by atoms with Crippen molar-refractivity contribution < 1.29 is 0 Å². The Morgan fingerprint density at radius 3 is 2.20 bits per heavy atom. The van der Waals surface area contributed by atoms with Crippen molar-refractivity contribution in [3.63, 3.8) is 0 Å². The van der Waals surface area contributed by atoms with E-state index in [0.717, 1.165) is 22.6 Å². The zero-order valence-electron chi connectivity index (χ0n) is 12.4. The molecule has 0 radical (unpaired) electrons. The van der Waals surface area contributed by atoms with E-state index in [1.165, 1.54) is 22.3 Å². The molecule has 0 heterocycles. The van der Waals surface area contributed by atoms with Gasteiger partial charge in [-0.15, -0.1) is 11.6 Å². The van der Waals surface area contributed by atoms with Crippen LogP contribution in [-0.4, -0.2) is 0 Å². The summed E-state index contributed by atoms with van der Waals surface area (Å²) in [5.74, 6) is 0. The molecule has 2 rings (SSSR count). The average molecular weight is 307 g/mol. The van der Waals surface area contributed by atoms with Crippen molar-refractivity contribution in [3.05, 3.63) is 68.7 Å². The maximum absolute atomic E-state index is 6.62. The topological polar surface area (TPSA) is 0 Å². The van der Waals surface area contributed by atoms with Crippen LogP contribution in [0.5, 0.6) is 0 Å². The number of benzene rings is 2. The molecule has 1 atom stereocenters. The van der Waals surface area contributed by atoms with Crippen molar-refractivity contribution in [3.8, 4) is 0 Å². The highest BCUT2D eigenvalue weighted by Gasteiger charge is 2.13. The smallest absolute Gasteiger partial charge is 0.0628 e. The highest BCUT2D eigenvalue weighted by molar-refractivity contribution is 6.31. The van der Waals surface area contributed by atoms with Crippen molar-refractivity contribution in [1.82, 2.24) is 0 Å². The van der Waals surface area contributed by atoms with Crippen LogP contribution in [0.1, 0.15) is 38.8 Å². The summed E-state index contributed by atoms with van der Waals surface area (Å²) >= 11 is 12.8. The molecule has 0 aliphatic heterocycles. The van der Waals surface area contributed by atoms with Crippen LogP contribution in [0.2, 0.25) is 5.02 Å². The fourth-order valence-corrected chi connectivity index (χ4v) is 3.02. The number of halogens is 2. The van der Waals surface area contributed by atoms with E-state index in [2.05, 4.69) is 45.0 Å². The zero-order chi connectivity index (χ0) is 14.9. The maximum Gasteiger partial charge on any atom is 0.0628 e. The molecule has 0 spiro atoms. The molecular weight excluding hydrogens is 287 g/mol. The van der Waals surface area contributed by atoms with Gasteiger partial charge in [-0.2, -0.15) is 0 Å². The zero-order valence-corrected chi connectivity index (χ0v) is 13.9. The van der Waals surface area contributed by atoms with Gasteiger partial charge in [0.1, 0.15) is 0 Å². The van der Waals surface area contributed by atoms with Gasteiger partial charge in [0.15, 0.2) is 0 Å². The van der Waals surface area contributed by atoms with Crippen molar-refractivity contribution in [2.45, 2.75) is 39.5 Å². The fraction of sp³-hybridized carbons (Fsp3) is 0.333. The van der Waals surface area contributed by atoms with Gasteiger partial charge in [0, 0.05) is 5.02 Å². The Morgan fingerprint density at radius 2 is 1.55 bits per heavy atom. The molecule has 106 valence electrons. The molecular formula is C18H20Cl2. The Hall–Kier alpha value is -0.980. The number of aryl methyl sites for hydroxylation is 4. The standard InChI is InChI=1S/C18H20Cl2/c1-11-5-6-15(7-12(11)2)10-18(20)16-8-14(4)17(19)9-13(16)3/h5-9,18H,10H2,1-4H3. The lowest BCUT2D eigenvalue weighted by molar-refractivity contribution is 0.905. The fourth-order valence-electron chi connectivity index (χ4n) is 2.39. The van der Waals surface area contributed by atoms with E-state index in [-0.39, 0.29) is 5.38 Å². The molecule has 0 aromatic heterocycles. The van der Waals surface area contributed by atoms with Gasteiger partial charge in [0.2, 0.25) is 0 Å². The lowest BCUT2D eigenvalue weighted by Crippen LogP contribution is -2.00. The van der Waals surface area contributed by atoms with E-state index in [1.54, 1.807) is 0 Å². The first kappa shape index (κ1) is 15.4. The molecule has 0 aliphatic carbocycles. The van der Waals surface area contributed by atoms with Crippen LogP contribution >= 0.6 is 23.2 Å². The molecule has 0 aliphatic rings. The summed E-state index contributed by atoms with van der Waals surface area (Å²) in [5, 5.41) is 0.786. The molecule has 2 heteroatoms. The molecule has 2 aromatic carbocycles. The molecule has 20 heavy (non-hydrogen) atoms. The predicted octanol–water partition coefficient (Wildman–Crippen LogP) is 6.10. The minimum Gasteiger partial charge on any atom is -0.117 e. The SMILES string of the molecule is Cc1ccc(CC(Cl)c2cc(C)c(Cl)cc2C)cc1C. The van der Waals surface area contributed by atoms with Crippen molar-refractivity contribution in [2.75, 3.05) is 0 Å². The molecule has 1 unspecified atom stereocenters. The first-order valence-corrected chi connectivity index (χ1v) is 7.66. The number of rotatable bonds is 3. The van der Waals surface area contributed by atoms with Crippen LogP contribution in [0, 0.1) is 27.7 Å². The summed E-state index contributed by atoms with van der Waals surface area (Å²) in [5.41, 5.74) is 7.32. The van der Waals surface area contributed by atoms with Gasteiger partial charge >= 0.3 is 0 Å². The summed E-state index contributed by atoms with van der Waals surface area (Å²) in [6, 6.07) is 10.7. The van der Waals surface area contributed by atoms with Crippen LogP contribution in [0.4, 0.5) is 0 Å². The summed E-state index contributed by atoms with van der Waals surface area (Å²) < 4.78 is 0. The third-order valence-electron chi connectivity index (χ3n) is 3.87. The molecule has 2 aromatic rings. The second kappa shape index (κ2) is 6.20. The maximum atomic E-state index is 6.62. The Labute approximate surface area is 131 Å². The van der Waals surface area contributed by atoms with Gasteiger partial charge in [0.25, 0.3) is 0 Å². The third kappa shape index (κ3) is 3.37. The van der Waals surface area contributed by atoms with Gasteiger partial charge < -0.3 is 0 Å². The van der Waals surface area contributed by atoms with E-state index in [9.17, 15) is 0 Å². The quantitative estimate of drug-likeness (QED) is 0.601. The highest BCUT2D eigenvalue weighted by atomic mass is 35.5. The van der Waals surface area contributed by atoms with E-state index in [4.69, 9.17) is 23.2 Å². The van der Waals surface area contributed by atoms with Gasteiger partial charge in [-0.25, -0.2) is 0 Å². The van der Waals surface area contributed by atoms with E-state index >= 15 is 0 Å². The Bertz CT molecular complexity index is 630. The van der Waals surface area contributed by atoms with Crippen molar-refractivity contribution >= 4 is 23.2 Å². The highest BCUT2D eigenvalue weighted by Crippen LogP contribution is 2.31. The monoisotopic (exact) mass is 306 g/mol. The third-order valence-corrected chi connectivity index (χ3v) is 4.67. The van der Waals surface area contributed by atoms with Crippen LogP contribution in [-0.2, 0) is 6.42 Å². The summed E-state index contributed by atoms with van der Waals surface area (Å²) in [4.78, 5) is 0. The largest absolute Gasteiger partial charge is 0.117 e. The predicted molar refractivity (Wildman–Crippen MR) is 89.1 cm³/mol. The molecule has 0 amide bonds. The summed E-state index contributed by atoms with van der Waals surface area (Å²) in [6.07, 6.45) is 0.838. The molecule has 0 saturated carbocycles. The Balaban J connectivity index is 2.25. The molecule has 0 fully saturated rings. The molecule has 0 saturated heterocycles. The first-order valence-electron chi connectivity index (χ1n) is 6.85. The average Bonchev–Trinajstić information content (AvgIpc) is 2.38. The van der Waals surface area contributed by atoms with Crippen molar-refractivity contribution in [2.24, 2.45) is 0 Å². The number of alkyl halides is 1. The van der Waals surface area contributed by atoms with E-state index < -0.39 is 0 Å². The lowest BCUT2D eigenvalue weighted by Gasteiger charge is -2.15. The minimum atomic E-state index is -0.0203. The Morgan fingerprint density at radius 1 is 0.850 bits per heavy atom. The molecule has 0 bridgehead atoms. The Kier molecular flexibility index (Phi) is 4.78. The van der Waals surface area contributed by atoms with Gasteiger partial charge in [0.05, 0.1) is 5.38 Å². The second-order valence-corrected chi connectivity index (χ2v) is 6.48. The van der Waals surface area contributed by atoms with Crippen LogP contribution in [0.3, 0.4) is 0 Å². The first-order chi connectivity index (χ1) is 9.38. The van der Waals surface area contributed by atoms with Crippen LogP contribution in [0.15, 0.2) is 30.3 Å². The van der Waals surface area contributed by atoms with Gasteiger partial charge in [-0.1, -0.05) is 35.9 Å². The lowest BCUT2D eigenvalue weighted by atomic mass is 9.96. The summed E-state index contributed by atoms with van der Waals surface area (Å²) in [6.45, 7) is 8.35. The minimum absolute atomic E-state index is 0.0203. The number of hydrogen-bond donors (Lipinski definition) is 0. The van der Waals surface area contributed by atoms with Gasteiger partial charge in [-0.3, -0.25) is 0 Å². The van der Waals surface area contributed by atoms with E-state index in [1.807, 2.05) is 13.0 Å². The van der Waals surface area contributed by atoms with Crippen molar-refractivity contribution in [1.29, 1.82) is 0 Å². The van der Waals surface area contributed by atoms with Crippen LogP contribution < -0.4 is 0 Å². The second-order valence-electron chi connectivity index (χ2n) is 5.55. The van der Waals surface area contributed by atoms with Gasteiger partial charge in [-0.05, 0) is 73.6 Å².